The predicted octanol–water partition coefficient (Wildman–Crippen LogP) is 2.62. The summed E-state index contributed by atoms with van der Waals surface area (Å²) in [5, 5.41) is 9.60. The molecule has 0 aromatic heterocycles. The quantitative estimate of drug-likeness (QED) is 0.635. The average Bonchev–Trinajstić information content (AvgIpc) is 2.60. The van der Waals surface area contributed by atoms with Crippen LogP contribution in [0.4, 0.5) is 0 Å². The minimum atomic E-state index is -3.61. The van der Waals surface area contributed by atoms with Gasteiger partial charge in [-0.05, 0) is 41.8 Å². The maximum absolute atomic E-state index is 12.2. The lowest BCUT2D eigenvalue weighted by atomic mass is 9.95. The Labute approximate surface area is 156 Å². The van der Waals surface area contributed by atoms with Gasteiger partial charge in [0.2, 0.25) is 10.0 Å². The number of hydrogen-bond acceptors (Lipinski definition) is 4. The first-order valence-corrected chi connectivity index (χ1v) is 9.70. The van der Waals surface area contributed by atoms with Crippen molar-refractivity contribution in [3.8, 4) is 0 Å². The number of carboxylic acid groups (broad SMARTS) is 1. The molecule has 0 spiro atoms. The molecule has 1 unspecified atom stereocenters. The van der Waals surface area contributed by atoms with Crippen molar-refractivity contribution >= 4 is 33.9 Å². The number of nitrogens with one attached hydrogen (secondary N) is 1. The third kappa shape index (κ3) is 5.39. The molecule has 8 heteroatoms. The molecule has 0 saturated carbocycles. The molecule has 0 aliphatic carbocycles. The first-order chi connectivity index (χ1) is 12.3. The highest BCUT2D eigenvalue weighted by atomic mass is 35.5. The number of hydrogen-bond donors (Lipinski definition) is 2. The summed E-state index contributed by atoms with van der Waals surface area (Å²) < 4.78 is 26.9. The fourth-order valence-corrected chi connectivity index (χ4v) is 3.58. The Hall–Kier alpha value is -2.22. The van der Waals surface area contributed by atoms with Gasteiger partial charge in [-0.1, -0.05) is 35.9 Å². The molecule has 138 valence electrons. The lowest BCUT2D eigenvalue weighted by molar-refractivity contribution is -0.139. The van der Waals surface area contributed by atoms with E-state index in [1.54, 1.807) is 24.3 Å². The summed E-state index contributed by atoms with van der Waals surface area (Å²) in [4.78, 5) is 21.9. The van der Waals surface area contributed by atoms with E-state index in [1.165, 1.54) is 24.3 Å². The largest absolute Gasteiger partial charge is 0.481 e. The van der Waals surface area contributed by atoms with Crippen LogP contribution in [0.1, 0.15) is 23.5 Å². The van der Waals surface area contributed by atoms with Crippen LogP contribution in [0.5, 0.6) is 0 Å². The monoisotopic (exact) mass is 395 g/mol. The minimum Gasteiger partial charge on any atom is -0.481 e. The van der Waals surface area contributed by atoms with Crippen molar-refractivity contribution in [2.75, 3.05) is 6.54 Å². The summed E-state index contributed by atoms with van der Waals surface area (Å²) in [6.07, 6.45) is 0.937. The van der Waals surface area contributed by atoms with Crippen LogP contribution in [0.2, 0.25) is 5.02 Å². The van der Waals surface area contributed by atoms with Crippen LogP contribution in [0.25, 0.3) is 0 Å². The van der Waals surface area contributed by atoms with Gasteiger partial charge in [0.15, 0.2) is 0 Å². The van der Waals surface area contributed by atoms with E-state index >= 15 is 0 Å². The Kier molecular flexibility index (Phi) is 6.90. The standard InChI is InChI=1S/C18H18ClNO5S/c19-15-5-7-16(8-6-15)26(24,25)20-11-9-13-1-3-14(4-2-13)17(10-12-21)18(22)23/h1-8,12,17,20H,9-11H2,(H,22,23). The molecule has 2 aromatic rings. The number of rotatable bonds is 9. The van der Waals surface area contributed by atoms with Gasteiger partial charge in [0.05, 0.1) is 10.8 Å². The van der Waals surface area contributed by atoms with Crippen LogP contribution in [-0.4, -0.2) is 32.3 Å². The van der Waals surface area contributed by atoms with E-state index in [9.17, 15) is 18.0 Å². The zero-order chi connectivity index (χ0) is 19.2. The van der Waals surface area contributed by atoms with Crippen LogP contribution in [0.15, 0.2) is 53.4 Å². The Bertz CT molecular complexity index is 863. The van der Waals surface area contributed by atoms with Crippen LogP contribution in [-0.2, 0) is 26.0 Å². The van der Waals surface area contributed by atoms with Crippen LogP contribution in [0, 0.1) is 0 Å². The third-order valence-corrected chi connectivity index (χ3v) is 5.57. The SMILES string of the molecule is O=CCC(C(=O)O)c1ccc(CCNS(=O)(=O)c2ccc(Cl)cc2)cc1. The van der Waals surface area contributed by atoms with Crippen molar-refractivity contribution in [1.82, 2.24) is 4.72 Å². The van der Waals surface area contributed by atoms with Crippen molar-refractivity contribution < 1.29 is 23.1 Å². The molecular weight excluding hydrogens is 378 g/mol. The molecule has 26 heavy (non-hydrogen) atoms. The Balaban J connectivity index is 1.96. The van der Waals surface area contributed by atoms with Gasteiger partial charge in [-0.2, -0.15) is 0 Å². The van der Waals surface area contributed by atoms with Gasteiger partial charge in [-0.15, -0.1) is 0 Å². The van der Waals surface area contributed by atoms with E-state index in [4.69, 9.17) is 16.7 Å². The summed E-state index contributed by atoms with van der Waals surface area (Å²) in [5.41, 5.74) is 1.39. The van der Waals surface area contributed by atoms with Gasteiger partial charge in [0, 0.05) is 18.0 Å². The first kappa shape index (κ1) is 20.1. The number of carbonyl (C=O) groups is 2. The molecule has 0 saturated heterocycles. The minimum absolute atomic E-state index is 0.0877. The van der Waals surface area contributed by atoms with Gasteiger partial charge in [0.25, 0.3) is 0 Å². The number of halogens is 1. The molecule has 0 aliphatic rings. The van der Waals surface area contributed by atoms with Crippen LogP contribution < -0.4 is 4.72 Å². The van der Waals surface area contributed by atoms with Gasteiger partial charge in [0.1, 0.15) is 6.29 Å². The maximum atomic E-state index is 12.2. The number of benzene rings is 2. The maximum Gasteiger partial charge on any atom is 0.311 e. The zero-order valence-corrected chi connectivity index (χ0v) is 15.3. The molecule has 6 nitrogen and oxygen atoms in total. The Morgan fingerprint density at radius 3 is 2.27 bits per heavy atom. The topological polar surface area (TPSA) is 101 Å². The molecule has 0 heterocycles. The number of sulfonamides is 1. The van der Waals surface area contributed by atoms with Gasteiger partial charge in [-0.3, -0.25) is 4.79 Å². The van der Waals surface area contributed by atoms with Gasteiger partial charge >= 0.3 is 5.97 Å². The second kappa shape index (κ2) is 8.93. The van der Waals surface area contributed by atoms with Crippen LogP contribution >= 0.6 is 11.6 Å². The molecule has 0 aliphatic heterocycles. The average molecular weight is 396 g/mol. The fraction of sp³-hybridized carbons (Fsp3) is 0.222. The second-order valence-electron chi connectivity index (χ2n) is 5.64. The lowest BCUT2D eigenvalue weighted by Gasteiger charge is -2.11. The molecule has 0 radical (unpaired) electrons. The van der Waals surface area contributed by atoms with E-state index in [2.05, 4.69) is 4.72 Å². The highest BCUT2D eigenvalue weighted by molar-refractivity contribution is 7.89. The van der Waals surface area contributed by atoms with Crippen molar-refractivity contribution in [3.63, 3.8) is 0 Å². The van der Waals surface area contributed by atoms with E-state index in [0.29, 0.717) is 23.3 Å². The first-order valence-electron chi connectivity index (χ1n) is 7.84. The summed E-state index contributed by atoms with van der Waals surface area (Å²) in [7, 11) is -3.61. The summed E-state index contributed by atoms with van der Waals surface area (Å²) >= 11 is 5.75. The van der Waals surface area contributed by atoms with Crippen molar-refractivity contribution in [1.29, 1.82) is 0 Å². The molecule has 2 rings (SSSR count). The van der Waals surface area contributed by atoms with E-state index in [-0.39, 0.29) is 17.9 Å². The summed E-state index contributed by atoms with van der Waals surface area (Å²) in [6, 6.07) is 12.6. The molecule has 0 fully saturated rings. The van der Waals surface area contributed by atoms with Crippen molar-refractivity contribution in [2.45, 2.75) is 23.7 Å². The molecule has 0 amide bonds. The van der Waals surface area contributed by atoms with Crippen molar-refractivity contribution in [3.05, 3.63) is 64.7 Å². The van der Waals surface area contributed by atoms with E-state index in [1.807, 2.05) is 0 Å². The number of carboxylic acids is 1. The molecular formula is C18H18ClNO5S. The molecule has 0 bridgehead atoms. The summed E-state index contributed by atoms with van der Waals surface area (Å²) in [5.74, 6) is -1.93. The fourth-order valence-electron chi connectivity index (χ4n) is 2.42. The highest BCUT2D eigenvalue weighted by Crippen LogP contribution is 2.20. The summed E-state index contributed by atoms with van der Waals surface area (Å²) in [6.45, 7) is 0.195. The number of carbonyl (C=O) groups excluding carboxylic acids is 1. The van der Waals surface area contributed by atoms with Crippen molar-refractivity contribution in [2.24, 2.45) is 0 Å². The lowest BCUT2D eigenvalue weighted by Crippen LogP contribution is -2.26. The van der Waals surface area contributed by atoms with E-state index < -0.39 is 21.9 Å². The number of aldehydes is 1. The molecule has 2 N–H and O–H groups in total. The van der Waals surface area contributed by atoms with Gasteiger partial charge in [-0.25, -0.2) is 13.1 Å². The predicted molar refractivity (Wildman–Crippen MR) is 97.8 cm³/mol. The second-order valence-corrected chi connectivity index (χ2v) is 7.84. The molecule has 1 atom stereocenters. The highest BCUT2D eigenvalue weighted by Gasteiger charge is 2.19. The van der Waals surface area contributed by atoms with Crippen LogP contribution in [0.3, 0.4) is 0 Å². The normalized spacial score (nSPS) is 12.5. The molecule has 2 aromatic carbocycles. The Morgan fingerprint density at radius 1 is 1.12 bits per heavy atom. The van der Waals surface area contributed by atoms with Gasteiger partial charge < -0.3 is 9.90 Å². The zero-order valence-electron chi connectivity index (χ0n) is 13.8. The third-order valence-electron chi connectivity index (χ3n) is 3.84. The Morgan fingerprint density at radius 2 is 1.73 bits per heavy atom. The van der Waals surface area contributed by atoms with E-state index in [0.717, 1.165) is 5.56 Å². The smallest absolute Gasteiger partial charge is 0.311 e. The number of aliphatic carboxylic acids is 1.